The lowest BCUT2D eigenvalue weighted by Crippen LogP contribution is -2.43. The molecule has 0 saturated heterocycles. The molecule has 1 saturated carbocycles. The van der Waals surface area contributed by atoms with Crippen molar-refractivity contribution in [3.8, 4) is 22.8 Å². The average molecular weight is 527 g/mol. The zero-order valence-corrected chi connectivity index (χ0v) is 24.2. The highest BCUT2D eigenvalue weighted by molar-refractivity contribution is 5.94. The Kier molecular flexibility index (Phi) is 10.6. The quantitative estimate of drug-likeness (QED) is 0.374. The molecule has 2 N–H and O–H groups in total. The number of hydrogen-bond acceptors (Lipinski definition) is 5. The van der Waals surface area contributed by atoms with E-state index < -0.39 is 0 Å². The van der Waals surface area contributed by atoms with Gasteiger partial charge in [0.15, 0.2) is 5.69 Å². The summed E-state index contributed by atoms with van der Waals surface area (Å²) in [4.78, 5) is 26.2. The Morgan fingerprint density at radius 2 is 1.63 bits per heavy atom. The van der Waals surface area contributed by atoms with Crippen LogP contribution in [0.2, 0.25) is 0 Å². The summed E-state index contributed by atoms with van der Waals surface area (Å²) in [5.74, 6) is 1.90. The Morgan fingerprint density at radius 3 is 2.18 bits per heavy atom. The molecule has 2 unspecified atom stereocenters. The first-order chi connectivity index (χ1) is 18.2. The van der Waals surface area contributed by atoms with Crippen LogP contribution in [0.4, 0.5) is 0 Å². The van der Waals surface area contributed by atoms with Crippen LogP contribution in [0.5, 0.6) is 11.5 Å². The highest BCUT2D eigenvalue weighted by Crippen LogP contribution is 2.40. The first kappa shape index (κ1) is 29.5. The van der Waals surface area contributed by atoms with Crippen molar-refractivity contribution >= 4 is 11.8 Å². The van der Waals surface area contributed by atoms with Gasteiger partial charge in [-0.15, -0.1) is 0 Å². The Labute approximate surface area is 227 Å². The van der Waals surface area contributed by atoms with Crippen molar-refractivity contribution in [2.24, 2.45) is 17.8 Å². The zero-order valence-electron chi connectivity index (χ0n) is 24.2. The van der Waals surface area contributed by atoms with Crippen molar-refractivity contribution in [3.63, 3.8) is 0 Å². The number of benzene rings is 1. The van der Waals surface area contributed by atoms with Crippen LogP contribution in [0.1, 0.15) is 89.7 Å². The molecule has 1 fully saturated rings. The van der Waals surface area contributed by atoms with Crippen LogP contribution in [0.25, 0.3) is 11.3 Å². The van der Waals surface area contributed by atoms with Crippen LogP contribution in [0, 0.1) is 17.8 Å². The number of hydrogen-bond donors (Lipinski definition) is 2. The Hall–Kier alpha value is -3.03. The summed E-state index contributed by atoms with van der Waals surface area (Å²) in [6.45, 7) is 11.1. The SMILES string of the molecule is COc1cccc(OC)c1-c1cc(C(=O)NC(CC(=O)NCC2CCCCC2)C(C)C)nn1C(C)C(C)C. The molecule has 1 aliphatic carbocycles. The average Bonchev–Trinajstić information content (AvgIpc) is 3.36. The number of aromatic nitrogens is 2. The van der Waals surface area contributed by atoms with Crippen LogP contribution in [0.15, 0.2) is 24.3 Å². The summed E-state index contributed by atoms with van der Waals surface area (Å²) in [7, 11) is 3.23. The van der Waals surface area contributed by atoms with Gasteiger partial charge in [0.05, 0.1) is 31.5 Å². The number of rotatable bonds is 12. The summed E-state index contributed by atoms with van der Waals surface area (Å²) >= 11 is 0. The third-order valence-corrected chi connectivity index (χ3v) is 7.84. The summed E-state index contributed by atoms with van der Waals surface area (Å²) in [6.07, 6.45) is 6.39. The Bertz CT molecular complexity index is 1050. The highest BCUT2D eigenvalue weighted by Gasteiger charge is 2.27. The maximum Gasteiger partial charge on any atom is 0.272 e. The summed E-state index contributed by atoms with van der Waals surface area (Å²) < 4.78 is 13.2. The first-order valence-corrected chi connectivity index (χ1v) is 14.0. The largest absolute Gasteiger partial charge is 0.496 e. The molecule has 1 heterocycles. The van der Waals surface area contributed by atoms with E-state index in [0.29, 0.717) is 23.1 Å². The van der Waals surface area contributed by atoms with Crippen LogP contribution < -0.4 is 20.1 Å². The maximum absolute atomic E-state index is 13.5. The number of ether oxygens (including phenoxy) is 2. The van der Waals surface area contributed by atoms with E-state index in [2.05, 4.69) is 31.4 Å². The van der Waals surface area contributed by atoms with Crippen LogP contribution >= 0.6 is 0 Å². The van der Waals surface area contributed by atoms with Gasteiger partial charge in [-0.05, 0) is 55.7 Å². The smallest absolute Gasteiger partial charge is 0.272 e. The van der Waals surface area contributed by atoms with Crippen LogP contribution in [0.3, 0.4) is 0 Å². The maximum atomic E-state index is 13.5. The van der Waals surface area contributed by atoms with Gasteiger partial charge in [-0.25, -0.2) is 0 Å². The fourth-order valence-corrected chi connectivity index (χ4v) is 5.01. The van der Waals surface area contributed by atoms with Crippen molar-refractivity contribution in [2.75, 3.05) is 20.8 Å². The monoisotopic (exact) mass is 526 g/mol. The Morgan fingerprint density at radius 1 is 1.00 bits per heavy atom. The minimum absolute atomic E-state index is 0.0204. The molecule has 0 radical (unpaired) electrons. The molecule has 3 rings (SSSR count). The number of amides is 2. The molecule has 0 spiro atoms. The van der Waals surface area contributed by atoms with E-state index in [9.17, 15) is 9.59 Å². The number of nitrogens with zero attached hydrogens (tertiary/aromatic N) is 2. The van der Waals surface area contributed by atoms with Crippen molar-refractivity contribution in [3.05, 3.63) is 30.0 Å². The number of methoxy groups -OCH3 is 2. The third kappa shape index (κ3) is 7.29. The molecule has 2 aromatic rings. The number of carbonyl (C=O) groups is 2. The summed E-state index contributed by atoms with van der Waals surface area (Å²) in [6, 6.07) is 7.12. The lowest BCUT2D eigenvalue weighted by Gasteiger charge is -2.24. The van der Waals surface area contributed by atoms with Gasteiger partial charge in [0.2, 0.25) is 5.91 Å². The molecule has 0 aliphatic heterocycles. The molecule has 210 valence electrons. The number of carbonyl (C=O) groups excluding carboxylic acids is 2. The second-order valence-electron chi connectivity index (χ2n) is 11.2. The summed E-state index contributed by atoms with van der Waals surface area (Å²) in [5.41, 5.74) is 1.80. The number of nitrogens with one attached hydrogen (secondary N) is 2. The second-order valence-corrected chi connectivity index (χ2v) is 11.2. The predicted octanol–water partition coefficient (Wildman–Crippen LogP) is 5.63. The van der Waals surface area contributed by atoms with Crippen molar-refractivity contribution in [1.29, 1.82) is 0 Å². The lowest BCUT2D eigenvalue weighted by molar-refractivity contribution is -0.122. The summed E-state index contributed by atoms with van der Waals surface area (Å²) in [5, 5.41) is 10.9. The minimum Gasteiger partial charge on any atom is -0.496 e. The molecule has 2 atom stereocenters. The fourth-order valence-electron chi connectivity index (χ4n) is 5.01. The van der Waals surface area contributed by atoms with Gasteiger partial charge in [0.25, 0.3) is 5.91 Å². The topological polar surface area (TPSA) is 94.5 Å². The molecule has 8 heteroatoms. The van der Waals surface area contributed by atoms with Gasteiger partial charge >= 0.3 is 0 Å². The lowest BCUT2D eigenvalue weighted by atomic mass is 9.89. The van der Waals surface area contributed by atoms with Gasteiger partial charge in [-0.1, -0.05) is 53.0 Å². The third-order valence-electron chi connectivity index (χ3n) is 7.84. The van der Waals surface area contributed by atoms with E-state index in [1.165, 1.54) is 32.1 Å². The van der Waals surface area contributed by atoms with E-state index in [-0.39, 0.29) is 42.2 Å². The molecular weight excluding hydrogens is 480 g/mol. The van der Waals surface area contributed by atoms with Gasteiger partial charge in [-0.3, -0.25) is 14.3 Å². The molecule has 0 bridgehead atoms. The van der Waals surface area contributed by atoms with E-state index in [1.807, 2.05) is 36.7 Å². The van der Waals surface area contributed by atoms with Crippen LogP contribution in [-0.2, 0) is 4.79 Å². The van der Waals surface area contributed by atoms with Crippen molar-refractivity contribution in [2.45, 2.75) is 85.2 Å². The molecule has 2 amide bonds. The van der Waals surface area contributed by atoms with Gasteiger partial charge in [0, 0.05) is 19.0 Å². The molecule has 1 aromatic carbocycles. The van der Waals surface area contributed by atoms with Crippen molar-refractivity contribution < 1.29 is 19.1 Å². The normalized spacial score (nSPS) is 15.8. The first-order valence-electron chi connectivity index (χ1n) is 14.0. The molecular formula is C30H46N4O4. The minimum atomic E-state index is -0.300. The molecule has 1 aliphatic rings. The second kappa shape index (κ2) is 13.7. The van der Waals surface area contributed by atoms with Gasteiger partial charge in [-0.2, -0.15) is 5.10 Å². The van der Waals surface area contributed by atoms with E-state index in [0.717, 1.165) is 17.8 Å². The zero-order chi connectivity index (χ0) is 27.8. The molecule has 8 nitrogen and oxygen atoms in total. The molecule has 38 heavy (non-hydrogen) atoms. The van der Waals surface area contributed by atoms with E-state index in [4.69, 9.17) is 14.6 Å². The van der Waals surface area contributed by atoms with Gasteiger partial charge in [0.1, 0.15) is 11.5 Å². The fraction of sp³-hybridized carbons (Fsp3) is 0.633. The van der Waals surface area contributed by atoms with Crippen LogP contribution in [-0.4, -0.2) is 48.4 Å². The molecule has 1 aromatic heterocycles. The Balaban J connectivity index is 1.82. The van der Waals surface area contributed by atoms with Crippen molar-refractivity contribution in [1.82, 2.24) is 20.4 Å². The van der Waals surface area contributed by atoms with E-state index in [1.54, 1.807) is 20.3 Å². The highest BCUT2D eigenvalue weighted by atomic mass is 16.5. The van der Waals surface area contributed by atoms with E-state index >= 15 is 0 Å². The predicted molar refractivity (Wildman–Crippen MR) is 151 cm³/mol. The standard InChI is InChI=1S/C30H46N4O4/c1-19(2)21(5)34-25(29-26(37-6)14-11-15-27(29)38-7)16-24(33-34)30(36)32-23(20(3)4)17-28(35)31-18-22-12-9-8-10-13-22/h11,14-16,19-23H,8-10,12-13,17-18H2,1-7H3,(H,31,35)(H,32,36). The van der Waals surface area contributed by atoms with Gasteiger partial charge < -0.3 is 20.1 Å².